The number of aliphatic hydroxyl groups excluding tert-OH is 1. The molecule has 0 saturated heterocycles. The van der Waals surface area contributed by atoms with E-state index in [1.165, 1.54) is 0 Å². The molecule has 1 rings (SSSR count). The molecule has 0 heterocycles. The number of hydrogen-bond donors (Lipinski definition) is 2. The molecule has 2 unspecified atom stereocenters. The van der Waals surface area contributed by atoms with Gasteiger partial charge >= 0.3 is 0 Å². The molecule has 4 heteroatoms. The van der Waals surface area contributed by atoms with E-state index in [0.717, 1.165) is 5.56 Å². The SMILES string of the molecule is Br.NC(Cc1ccccc1)C(O)CBr. The Bertz CT molecular complexity index is 243. The highest BCUT2D eigenvalue weighted by atomic mass is 79.9. The Kier molecular flexibility index (Phi) is 7.45. The van der Waals surface area contributed by atoms with E-state index in [1.54, 1.807) is 0 Å². The lowest BCUT2D eigenvalue weighted by molar-refractivity contribution is 0.169. The lowest BCUT2D eigenvalue weighted by Crippen LogP contribution is -2.37. The van der Waals surface area contributed by atoms with E-state index >= 15 is 0 Å². The van der Waals surface area contributed by atoms with Crippen LogP contribution < -0.4 is 5.73 Å². The highest BCUT2D eigenvalue weighted by molar-refractivity contribution is 9.09. The van der Waals surface area contributed by atoms with Crippen LogP contribution in [-0.4, -0.2) is 22.6 Å². The van der Waals surface area contributed by atoms with Crippen molar-refractivity contribution in [3.63, 3.8) is 0 Å². The second-order valence-corrected chi connectivity index (χ2v) is 3.72. The van der Waals surface area contributed by atoms with E-state index in [1.807, 2.05) is 30.3 Å². The molecule has 0 radical (unpaired) electrons. The minimum absolute atomic E-state index is 0. The van der Waals surface area contributed by atoms with E-state index in [0.29, 0.717) is 11.8 Å². The van der Waals surface area contributed by atoms with Gasteiger partial charge in [-0.15, -0.1) is 17.0 Å². The molecule has 0 fully saturated rings. The van der Waals surface area contributed by atoms with E-state index < -0.39 is 6.10 Å². The summed E-state index contributed by atoms with van der Waals surface area (Å²) in [7, 11) is 0. The van der Waals surface area contributed by atoms with Gasteiger partial charge in [-0.05, 0) is 12.0 Å². The van der Waals surface area contributed by atoms with Gasteiger partial charge in [0, 0.05) is 11.4 Å². The number of rotatable bonds is 4. The number of hydrogen-bond acceptors (Lipinski definition) is 2. The Hall–Kier alpha value is 0.100. The summed E-state index contributed by atoms with van der Waals surface area (Å²) < 4.78 is 0. The fraction of sp³-hybridized carbons (Fsp3) is 0.400. The second-order valence-electron chi connectivity index (χ2n) is 3.08. The lowest BCUT2D eigenvalue weighted by Gasteiger charge is -2.16. The molecule has 0 saturated carbocycles. The zero-order valence-corrected chi connectivity index (χ0v) is 11.1. The number of alkyl halides is 1. The van der Waals surface area contributed by atoms with Crippen LogP contribution in [0.3, 0.4) is 0 Å². The van der Waals surface area contributed by atoms with Gasteiger partial charge in [0.15, 0.2) is 0 Å². The average molecular weight is 325 g/mol. The van der Waals surface area contributed by atoms with Gasteiger partial charge in [0.05, 0.1) is 6.10 Å². The molecule has 1 aromatic rings. The summed E-state index contributed by atoms with van der Waals surface area (Å²) in [6, 6.07) is 9.75. The molecule has 0 aliphatic heterocycles. The van der Waals surface area contributed by atoms with E-state index in [9.17, 15) is 5.11 Å². The van der Waals surface area contributed by atoms with Crippen LogP contribution in [0.4, 0.5) is 0 Å². The van der Waals surface area contributed by atoms with Gasteiger partial charge < -0.3 is 10.8 Å². The van der Waals surface area contributed by atoms with Crippen LogP contribution in [0.15, 0.2) is 30.3 Å². The van der Waals surface area contributed by atoms with Crippen molar-refractivity contribution in [2.24, 2.45) is 5.73 Å². The van der Waals surface area contributed by atoms with Gasteiger partial charge in [0.2, 0.25) is 0 Å². The summed E-state index contributed by atoms with van der Waals surface area (Å²) in [5.74, 6) is 0. The van der Waals surface area contributed by atoms with Crippen LogP contribution in [0, 0.1) is 0 Å². The van der Waals surface area contributed by atoms with Crippen LogP contribution >= 0.6 is 32.9 Å². The van der Waals surface area contributed by atoms with Gasteiger partial charge in [-0.3, -0.25) is 0 Å². The van der Waals surface area contributed by atoms with E-state index in [-0.39, 0.29) is 23.0 Å². The van der Waals surface area contributed by atoms with Crippen molar-refractivity contribution < 1.29 is 5.11 Å². The van der Waals surface area contributed by atoms with Crippen molar-refractivity contribution in [1.29, 1.82) is 0 Å². The maximum absolute atomic E-state index is 9.42. The fourth-order valence-corrected chi connectivity index (χ4v) is 1.62. The minimum atomic E-state index is -0.472. The van der Waals surface area contributed by atoms with Crippen molar-refractivity contribution in [2.75, 3.05) is 5.33 Å². The fourth-order valence-electron chi connectivity index (χ4n) is 1.14. The third-order valence-electron chi connectivity index (χ3n) is 1.97. The molecule has 1 aromatic carbocycles. The van der Waals surface area contributed by atoms with Gasteiger partial charge in [-0.2, -0.15) is 0 Å². The second kappa shape index (κ2) is 7.40. The highest BCUT2D eigenvalue weighted by Crippen LogP contribution is 2.05. The quantitative estimate of drug-likeness (QED) is 0.831. The average Bonchev–Trinajstić information content (AvgIpc) is 2.18. The minimum Gasteiger partial charge on any atom is -0.391 e. The zero-order chi connectivity index (χ0) is 9.68. The summed E-state index contributed by atoms with van der Waals surface area (Å²) in [6.45, 7) is 0. The third-order valence-corrected chi connectivity index (χ3v) is 2.63. The van der Waals surface area contributed by atoms with Crippen molar-refractivity contribution >= 4 is 32.9 Å². The molecule has 0 amide bonds. The first kappa shape index (κ1) is 14.1. The smallest absolute Gasteiger partial charge is 0.0790 e. The van der Waals surface area contributed by atoms with E-state index in [4.69, 9.17) is 5.73 Å². The van der Waals surface area contributed by atoms with Crippen molar-refractivity contribution in [3.8, 4) is 0 Å². The summed E-state index contributed by atoms with van der Waals surface area (Å²) in [5.41, 5.74) is 6.94. The molecule has 2 atom stereocenters. The van der Waals surface area contributed by atoms with Gasteiger partial charge in [-0.1, -0.05) is 46.3 Å². The Morgan fingerprint density at radius 3 is 2.36 bits per heavy atom. The molecule has 0 aromatic heterocycles. The molecule has 0 bridgehead atoms. The highest BCUT2D eigenvalue weighted by Gasteiger charge is 2.13. The number of nitrogens with two attached hydrogens (primary N) is 1. The zero-order valence-electron chi connectivity index (χ0n) is 7.77. The summed E-state index contributed by atoms with van der Waals surface area (Å²) >= 11 is 3.20. The first-order chi connectivity index (χ1) is 6.24. The molecular formula is C10H15Br2NO. The van der Waals surface area contributed by atoms with Crippen molar-refractivity contribution in [2.45, 2.75) is 18.6 Å². The Morgan fingerprint density at radius 2 is 1.86 bits per heavy atom. The maximum Gasteiger partial charge on any atom is 0.0790 e. The van der Waals surface area contributed by atoms with Crippen molar-refractivity contribution in [1.82, 2.24) is 0 Å². The Morgan fingerprint density at radius 1 is 1.29 bits per heavy atom. The maximum atomic E-state index is 9.42. The molecule has 0 spiro atoms. The monoisotopic (exact) mass is 323 g/mol. The Labute approximate surface area is 103 Å². The lowest BCUT2D eigenvalue weighted by atomic mass is 10.0. The molecule has 2 nitrogen and oxygen atoms in total. The predicted octanol–water partition coefficient (Wildman–Crippen LogP) is 1.89. The van der Waals surface area contributed by atoms with Crippen LogP contribution in [0.5, 0.6) is 0 Å². The normalized spacial score (nSPS) is 14.2. The van der Waals surface area contributed by atoms with Gasteiger partial charge in [-0.25, -0.2) is 0 Å². The molecular weight excluding hydrogens is 310 g/mol. The summed E-state index contributed by atoms with van der Waals surface area (Å²) in [4.78, 5) is 0. The van der Waals surface area contributed by atoms with Crippen LogP contribution in [0.25, 0.3) is 0 Å². The molecule has 14 heavy (non-hydrogen) atoms. The summed E-state index contributed by atoms with van der Waals surface area (Å²) in [6.07, 6.45) is 0.244. The first-order valence-electron chi connectivity index (χ1n) is 4.27. The third kappa shape index (κ3) is 4.55. The first-order valence-corrected chi connectivity index (χ1v) is 5.39. The topological polar surface area (TPSA) is 46.2 Å². The Balaban J connectivity index is 0.00000169. The van der Waals surface area contributed by atoms with Gasteiger partial charge in [0.1, 0.15) is 0 Å². The van der Waals surface area contributed by atoms with Crippen LogP contribution in [-0.2, 0) is 6.42 Å². The number of halogens is 2. The molecule has 0 aliphatic carbocycles. The molecule has 0 aliphatic rings. The number of benzene rings is 1. The molecule has 3 N–H and O–H groups in total. The van der Waals surface area contributed by atoms with Gasteiger partial charge in [0.25, 0.3) is 0 Å². The molecule has 80 valence electrons. The standard InChI is InChI=1S/C10H14BrNO.BrH/c11-7-10(13)9(12)6-8-4-2-1-3-5-8;/h1-5,9-10,13H,6-7,12H2;1H. The largest absolute Gasteiger partial charge is 0.391 e. The summed E-state index contributed by atoms with van der Waals surface area (Å²) in [5, 5.41) is 9.94. The predicted molar refractivity (Wildman–Crippen MR) is 68.2 cm³/mol. The van der Waals surface area contributed by atoms with Crippen LogP contribution in [0.2, 0.25) is 0 Å². The van der Waals surface area contributed by atoms with Crippen molar-refractivity contribution in [3.05, 3.63) is 35.9 Å². The van der Waals surface area contributed by atoms with E-state index in [2.05, 4.69) is 15.9 Å². The van der Waals surface area contributed by atoms with Crippen LogP contribution in [0.1, 0.15) is 5.56 Å². The number of aliphatic hydroxyl groups is 1.